The molecule has 0 heterocycles. The molecule has 0 aromatic rings. The molecule has 0 aromatic heterocycles. The van der Waals surface area contributed by atoms with Crippen LogP contribution in [0.4, 0.5) is 0 Å². The Labute approximate surface area is 211 Å². The first-order valence-electron chi connectivity index (χ1n) is 10.4. The van der Waals surface area contributed by atoms with Gasteiger partial charge in [0.15, 0.2) is 44.7 Å². The Morgan fingerprint density at radius 3 is 1.53 bits per heavy atom. The van der Waals surface area contributed by atoms with E-state index in [0.717, 1.165) is 0 Å². The first-order chi connectivity index (χ1) is 14.4. The van der Waals surface area contributed by atoms with Gasteiger partial charge in [0.1, 0.15) is 10.5 Å². The van der Waals surface area contributed by atoms with Crippen LogP contribution in [0, 0.1) is 0 Å². The van der Waals surface area contributed by atoms with Crippen LogP contribution in [0.3, 0.4) is 0 Å². The molecule has 0 spiro atoms. The van der Waals surface area contributed by atoms with Gasteiger partial charge in [0.2, 0.25) is 0 Å². The molecule has 0 rings (SSSR count). The molecule has 0 aliphatic rings. The summed E-state index contributed by atoms with van der Waals surface area (Å²) in [5.41, 5.74) is 0. The van der Waals surface area contributed by atoms with E-state index in [1.165, 1.54) is 7.11 Å². The number of hydrogen-bond donors (Lipinski definition) is 5. The van der Waals surface area contributed by atoms with Gasteiger partial charge in [0, 0.05) is 7.11 Å². The fourth-order valence-electron chi connectivity index (χ4n) is 3.67. The van der Waals surface area contributed by atoms with E-state index in [9.17, 15) is 24.0 Å². The minimum atomic E-state index is -3.95. The van der Waals surface area contributed by atoms with Gasteiger partial charge in [-0.3, -0.25) is 0 Å². The molecule has 5 N–H and O–H groups in total. The molecule has 194 valence electrons. The van der Waals surface area contributed by atoms with E-state index in [0.29, 0.717) is 0 Å². The van der Waals surface area contributed by atoms with Crippen LogP contribution in [0.1, 0.15) is 0 Å². The maximum absolute atomic E-state index is 11.2. The summed E-state index contributed by atoms with van der Waals surface area (Å²) in [5, 5.41) is 0. The summed E-state index contributed by atoms with van der Waals surface area (Å²) < 4.78 is 38.2. The molecule has 0 saturated carbocycles. The third-order valence-corrected chi connectivity index (χ3v) is 113. The summed E-state index contributed by atoms with van der Waals surface area (Å²) in [7, 11) is -21.0. The van der Waals surface area contributed by atoms with Crippen molar-refractivity contribution < 1.29 is 49.0 Å². The van der Waals surface area contributed by atoms with Crippen LogP contribution < -0.4 is 0 Å². The lowest BCUT2D eigenvalue weighted by molar-refractivity contribution is 0.273. The molecule has 3 unspecified atom stereocenters. The zero-order chi connectivity index (χ0) is 25.6. The summed E-state index contributed by atoms with van der Waals surface area (Å²) in [4.78, 5) is 53.7. The first-order valence-corrected chi connectivity index (χ1v) is 41.5. The van der Waals surface area contributed by atoms with E-state index in [2.05, 4.69) is 0 Å². The quantitative estimate of drug-likeness (QED) is 0.100. The summed E-state index contributed by atoms with van der Waals surface area (Å²) in [6, 6.07) is 0. The van der Waals surface area contributed by atoms with Crippen molar-refractivity contribution in [1.82, 2.24) is 0 Å². The second-order valence-corrected chi connectivity index (χ2v) is 75.0. The van der Waals surface area contributed by atoms with Crippen molar-refractivity contribution in [3.05, 3.63) is 0 Å². The van der Waals surface area contributed by atoms with E-state index < -0.39 is 93.2 Å². The molecular formula is C9H44O11Si12. The molecule has 0 fully saturated rings. The Bertz CT molecular complexity index is 567. The second-order valence-electron chi connectivity index (χ2n) is 9.55. The largest absolute Gasteiger partial charge is 0.463 e. The number of rotatable bonds is 16. The Kier molecular flexibility index (Phi) is 14.0. The highest BCUT2D eigenvalue weighted by Crippen LogP contribution is 2.37. The van der Waals surface area contributed by atoms with E-state index in [1.807, 2.05) is 45.8 Å². The molecule has 11 nitrogen and oxygen atoms in total. The lowest BCUT2D eigenvalue weighted by Crippen LogP contribution is -2.94. The van der Waals surface area contributed by atoms with Gasteiger partial charge in [-0.15, -0.1) is 0 Å². The Hall–Kier alpha value is 2.16. The fraction of sp³-hybridized carbons (Fsp3) is 1.00. The third-order valence-electron chi connectivity index (χ3n) is 5.11. The molecule has 0 aromatic carbocycles. The van der Waals surface area contributed by atoms with Crippen molar-refractivity contribution in [2.75, 3.05) is 7.11 Å². The van der Waals surface area contributed by atoms with Crippen molar-refractivity contribution in [3.8, 4) is 0 Å². The zero-order valence-electron chi connectivity index (χ0n) is 21.1. The predicted molar refractivity (Wildman–Crippen MR) is 156 cm³/mol. The van der Waals surface area contributed by atoms with Crippen LogP contribution in [0.5, 0.6) is 0 Å². The molecular weight excluding hydrogens is 621 g/mol. The lowest BCUT2D eigenvalue weighted by Gasteiger charge is -2.56. The maximum atomic E-state index is 11.2. The van der Waals surface area contributed by atoms with Crippen LogP contribution in [0.25, 0.3) is 0 Å². The molecule has 3 atom stereocenters. The minimum Gasteiger partial charge on any atom is -0.463 e. The standard InChI is InChI=1S/C9H44O11Si12/c1-15-28(6,7)19-30(31(16-21,23-11)24-12,20-29(8,9)18-27(3,4)5)32(25-13,17-22-10)26(2)14/h10-14,26H,22-25H2,1-9,21H3. The van der Waals surface area contributed by atoms with Crippen LogP contribution in [0.2, 0.25) is 52.4 Å². The van der Waals surface area contributed by atoms with Crippen molar-refractivity contribution in [3.63, 3.8) is 0 Å². The summed E-state index contributed by atoms with van der Waals surface area (Å²) in [6.45, 7) is 8.23. The highest BCUT2D eigenvalue weighted by atomic mass is 30.2. The summed E-state index contributed by atoms with van der Waals surface area (Å²) >= 11 is 0. The van der Waals surface area contributed by atoms with Gasteiger partial charge >= 0.3 is 24.7 Å². The van der Waals surface area contributed by atoms with Gasteiger partial charge < -0.3 is 49.0 Å². The molecule has 0 radical (unpaired) electrons. The third kappa shape index (κ3) is 7.83. The highest BCUT2D eigenvalue weighted by Gasteiger charge is 2.78. The van der Waals surface area contributed by atoms with Crippen molar-refractivity contribution >= 4 is 104 Å². The Balaban J connectivity index is 7.49. The second kappa shape index (κ2) is 13.1. The van der Waals surface area contributed by atoms with Gasteiger partial charge in [0.25, 0.3) is 23.7 Å². The molecule has 0 aliphatic carbocycles. The van der Waals surface area contributed by atoms with Crippen LogP contribution >= 0.6 is 0 Å². The van der Waals surface area contributed by atoms with Gasteiger partial charge in [0.05, 0.1) is 0 Å². The summed E-state index contributed by atoms with van der Waals surface area (Å²) in [5.74, 6) is 0. The topological polar surface area (TPSA) is 157 Å². The average molecular weight is 665 g/mol. The van der Waals surface area contributed by atoms with E-state index in [4.69, 9.17) is 25.0 Å². The predicted octanol–water partition coefficient (Wildman–Crippen LogP) is -6.14. The first kappa shape index (κ1) is 34.2. The normalized spacial score (nSPS) is 21.9. The van der Waals surface area contributed by atoms with E-state index in [-0.39, 0.29) is 10.5 Å². The molecule has 0 amide bonds. The fourth-order valence-corrected chi connectivity index (χ4v) is 169. The molecule has 0 aliphatic heterocycles. The molecule has 32 heavy (non-hydrogen) atoms. The summed E-state index contributed by atoms with van der Waals surface area (Å²) in [6.07, 6.45) is 0. The van der Waals surface area contributed by atoms with Gasteiger partial charge in [-0.2, -0.15) is 0 Å². The minimum absolute atomic E-state index is 0.236. The maximum Gasteiger partial charge on any atom is 0.338 e. The highest BCUT2D eigenvalue weighted by molar-refractivity contribution is 7.97. The van der Waals surface area contributed by atoms with Crippen LogP contribution in [0.15, 0.2) is 0 Å². The number of hydrogen-bond acceptors (Lipinski definition) is 11. The van der Waals surface area contributed by atoms with Crippen molar-refractivity contribution in [2.24, 2.45) is 0 Å². The average Bonchev–Trinajstić information content (AvgIpc) is 2.64. The van der Waals surface area contributed by atoms with Crippen LogP contribution in [-0.2, 0) is 25.0 Å². The lowest BCUT2D eigenvalue weighted by atomic mass is 11.8. The van der Waals surface area contributed by atoms with Crippen LogP contribution in [-0.4, -0.2) is 135 Å². The van der Waals surface area contributed by atoms with E-state index in [1.54, 1.807) is 6.55 Å². The van der Waals surface area contributed by atoms with Gasteiger partial charge in [-0.1, -0.05) is 0 Å². The van der Waals surface area contributed by atoms with Crippen molar-refractivity contribution in [2.45, 2.75) is 52.4 Å². The SMILES string of the molecule is CO[Si](C)(C)O[Si](O[Si](C)(C)O[Si](C)(C)C)([Si](O[SiH3])([SiH2]O)[SiH2]O)[Si](O[SiH2]O)([SiH2]O)[SiH](C)O. The molecule has 0 bridgehead atoms. The smallest absolute Gasteiger partial charge is 0.338 e. The zero-order valence-corrected chi connectivity index (χ0v) is 35.9. The van der Waals surface area contributed by atoms with Gasteiger partial charge in [-0.05, 0) is 52.4 Å². The monoisotopic (exact) mass is 664 g/mol. The Morgan fingerprint density at radius 1 is 0.781 bits per heavy atom. The van der Waals surface area contributed by atoms with Crippen molar-refractivity contribution in [1.29, 1.82) is 0 Å². The van der Waals surface area contributed by atoms with Gasteiger partial charge in [-0.25, -0.2) is 0 Å². The van der Waals surface area contributed by atoms with E-state index >= 15 is 0 Å². The molecule has 0 saturated heterocycles. The molecule has 23 heteroatoms. The Morgan fingerprint density at radius 2 is 1.25 bits per heavy atom.